The predicted molar refractivity (Wildman–Crippen MR) is 80.8 cm³/mol. The predicted octanol–water partition coefficient (Wildman–Crippen LogP) is 1.40. The summed E-state index contributed by atoms with van der Waals surface area (Å²) in [5, 5.41) is 11.2. The molecule has 2 aromatic rings. The fraction of sp³-hybridized carbons (Fsp3) is 0.429. The van der Waals surface area contributed by atoms with Crippen LogP contribution in [0, 0.1) is 0 Å². The van der Waals surface area contributed by atoms with Gasteiger partial charge in [0.25, 0.3) is 0 Å². The molecule has 1 atom stereocenters. The van der Waals surface area contributed by atoms with Crippen molar-refractivity contribution < 1.29 is 8.42 Å². The molecule has 1 aromatic carbocycles. The lowest BCUT2D eigenvalue weighted by Crippen LogP contribution is -2.22. The number of sulfone groups is 1. The molecule has 0 spiro atoms. The van der Waals surface area contributed by atoms with E-state index in [1.165, 1.54) is 6.26 Å². The Balaban J connectivity index is 2.44. The minimum Gasteiger partial charge on any atom is -0.308 e. The zero-order chi connectivity index (χ0) is 15.5. The van der Waals surface area contributed by atoms with Gasteiger partial charge in [0.2, 0.25) is 0 Å². The third kappa shape index (κ3) is 3.48. The van der Waals surface area contributed by atoms with Gasteiger partial charge < -0.3 is 5.32 Å². The molecular formula is C14H20N4O2S. The lowest BCUT2D eigenvalue weighted by Gasteiger charge is -2.18. The number of nitrogens with one attached hydrogen (secondary N) is 1. The summed E-state index contributed by atoms with van der Waals surface area (Å²) in [5.41, 5.74) is 1.80. The van der Waals surface area contributed by atoms with Gasteiger partial charge in [0.1, 0.15) is 0 Å². The second-order valence-corrected chi connectivity index (χ2v) is 6.96. The molecule has 0 fully saturated rings. The molecule has 0 aliphatic carbocycles. The van der Waals surface area contributed by atoms with Crippen molar-refractivity contribution in [2.45, 2.75) is 30.8 Å². The molecule has 1 unspecified atom stereocenters. The lowest BCUT2D eigenvalue weighted by atomic mass is 10.0. The smallest absolute Gasteiger partial charge is 0.175 e. The molecule has 0 saturated carbocycles. The maximum Gasteiger partial charge on any atom is 0.175 e. The molecule has 0 radical (unpaired) electrons. The van der Waals surface area contributed by atoms with Gasteiger partial charge in [-0.15, -0.1) is 5.10 Å². The van der Waals surface area contributed by atoms with Crippen LogP contribution in [0.15, 0.2) is 35.4 Å². The van der Waals surface area contributed by atoms with Crippen LogP contribution in [0.4, 0.5) is 0 Å². The van der Waals surface area contributed by atoms with Gasteiger partial charge in [-0.1, -0.05) is 24.3 Å². The van der Waals surface area contributed by atoms with E-state index in [-0.39, 0.29) is 6.04 Å². The third-order valence-electron chi connectivity index (χ3n) is 3.29. The molecule has 0 aliphatic rings. The number of benzene rings is 1. The average Bonchev–Trinajstić information content (AvgIpc) is 2.88. The summed E-state index contributed by atoms with van der Waals surface area (Å²) in [7, 11) is -1.39. The van der Waals surface area contributed by atoms with Crippen molar-refractivity contribution in [1.29, 1.82) is 0 Å². The van der Waals surface area contributed by atoms with Gasteiger partial charge in [-0.05, 0) is 31.2 Å². The van der Waals surface area contributed by atoms with Crippen molar-refractivity contribution in [2.75, 3.05) is 13.3 Å². The molecule has 7 heteroatoms. The first-order chi connectivity index (χ1) is 9.97. The molecule has 0 aliphatic heterocycles. The summed E-state index contributed by atoms with van der Waals surface area (Å²) in [5.74, 6) is 0. The molecule has 0 bridgehead atoms. The third-order valence-corrected chi connectivity index (χ3v) is 4.40. The van der Waals surface area contributed by atoms with E-state index in [1.807, 2.05) is 17.8 Å². The summed E-state index contributed by atoms with van der Waals surface area (Å²) in [6, 6.07) is 6.81. The molecule has 21 heavy (non-hydrogen) atoms. The Morgan fingerprint density at radius 1 is 1.38 bits per heavy atom. The van der Waals surface area contributed by atoms with E-state index in [9.17, 15) is 8.42 Å². The van der Waals surface area contributed by atoms with E-state index < -0.39 is 9.84 Å². The Kier molecular flexibility index (Phi) is 4.74. The monoisotopic (exact) mass is 308 g/mol. The number of nitrogens with zero attached hydrogens (tertiary/aromatic N) is 3. The topological polar surface area (TPSA) is 76.9 Å². The molecule has 114 valence electrons. The zero-order valence-corrected chi connectivity index (χ0v) is 13.3. The standard InChI is InChI=1S/C14H20N4O2S/c1-4-8-18-13(10-16-17-18)14(15-2)11-6-5-7-12(9-11)21(3,19)20/h5-7,9-10,14-15H,4,8H2,1-3H3. The minimum absolute atomic E-state index is 0.145. The van der Waals surface area contributed by atoms with Gasteiger partial charge >= 0.3 is 0 Å². The number of rotatable bonds is 6. The highest BCUT2D eigenvalue weighted by atomic mass is 32.2. The highest BCUT2D eigenvalue weighted by molar-refractivity contribution is 7.90. The highest BCUT2D eigenvalue weighted by Crippen LogP contribution is 2.23. The number of aryl methyl sites for hydroxylation is 1. The first-order valence-electron chi connectivity index (χ1n) is 6.83. The summed E-state index contributed by atoms with van der Waals surface area (Å²) in [6.45, 7) is 2.85. The first kappa shape index (κ1) is 15.7. The van der Waals surface area contributed by atoms with E-state index >= 15 is 0 Å². The largest absolute Gasteiger partial charge is 0.308 e. The normalized spacial score (nSPS) is 13.3. The SMILES string of the molecule is CCCn1nncc1C(NC)c1cccc(S(C)(=O)=O)c1. The second-order valence-electron chi connectivity index (χ2n) is 4.95. The molecule has 1 N–H and O–H groups in total. The van der Waals surface area contributed by atoms with Crippen LogP contribution in [-0.2, 0) is 16.4 Å². The molecule has 0 amide bonds. The first-order valence-corrected chi connectivity index (χ1v) is 8.72. The van der Waals surface area contributed by atoms with E-state index in [0.717, 1.165) is 24.2 Å². The summed E-state index contributed by atoms with van der Waals surface area (Å²) >= 11 is 0. The molecular weight excluding hydrogens is 288 g/mol. The van der Waals surface area contributed by atoms with Crippen LogP contribution < -0.4 is 5.32 Å². The van der Waals surface area contributed by atoms with Gasteiger partial charge in [0.15, 0.2) is 9.84 Å². The van der Waals surface area contributed by atoms with Crippen LogP contribution >= 0.6 is 0 Å². The van der Waals surface area contributed by atoms with Crippen molar-refractivity contribution in [3.63, 3.8) is 0 Å². The zero-order valence-electron chi connectivity index (χ0n) is 12.4. The Bertz CT molecular complexity index is 709. The molecule has 1 heterocycles. The van der Waals surface area contributed by atoms with Crippen LogP contribution in [0.3, 0.4) is 0 Å². The fourth-order valence-corrected chi connectivity index (χ4v) is 2.96. The summed E-state index contributed by atoms with van der Waals surface area (Å²) in [6.07, 6.45) is 3.88. The molecule has 2 rings (SSSR count). The van der Waals surface area contributed by atoms with Gasteiger partial charge in [0, 0.05) is 12.8 Å². The highest BCUT2D eigenvalue weighted by Gasteiger charge is 2.19. The molecule has 6 nitrogen and oxygen atoms in total. The Morgan fingerprint density at radius 3 is 2.76 bits per heavy atom. The maximum absolute atomic E-state index is 11.7. The Hall–Kier alpha value is -1.73. The average molecular weight is 308 g/mol. The molecule has 0 saturated heterocycles. The number of hydrogen-bond donors (Lipinski definition) is 1. The van der Waals surface area contributed by atoms with E-state index in [4.69, 9.17) is 0 Å². The lowest BCUT2D eigenvalue weighted by molar-refractivity contribution is 0.523. The Morgan fingerprint density at radius 2 is 2.14 bits per heavy atom. The van der Waals surface area contributed by atoms with E-state index in [1.54, 1.807) is 24.4 Å². The van der Waals surface area contributed by atoms with E-state index in [0.29, 0.717) is 4.90 Å². The van der Waals surface area contributed by atoms with Crippen LogP contribution in [0.5, 0.6) is 0 Å². The Labute approximate surface area is 125 Å². The quantitative estimate of drug-likeness (QED) is 0.873. The van der Waals surface area contributed by atoms with Gasteiger partial charge in [-0.2, -0.15) is 0 Å². The number of aromatic nitrogens is 3. The van der Waals surface area contributed by atoms with Crippen LogP contribution in [-0.4, -0.2) is 36.7 Å². The van der Waals surface area contributed by atoms with Crippen LogP contribution in [0.1, 0.15) is 30.6 Å². The van der Waals surface area contributed by atoms with Gasteiger partial charge in [0.05, 0.1) is 22.8 Å². The second kappa shape index (κ2) is 6.36. The van der Waals surface area contributed by atoms with Crippen LogP contribution in [0.2, 0.25) is 0 Å². The summed E-state index contributed by atoms with van der Waals surface area (Å²) in [4.78, 5) is 0.315. The van der Waals surface area contributed by atoms with Gasteiger partial charge in [-0.25, -0.2) is 13.1 Å². The van der Waals surface area contributed by atoms with Crippen LogP contribution in [0.25, 0.3) is 0 Å². The van der Waals surface area contributed by atoms with Gasteiger partial charge in [-0.3, -0.25) is 0 Å². The van der Waals surface area contributed by atoms with Crippen molar-refractivity contribution in [3.8, 4) is 0 Å². The van der Waals surface area contributed by atoms with Crippen molar-refractivity contribution in [2.24, 2.45) is 0 Å². The molecule has 1 aromatic heterocycles. The fourth-order valence-electron chi connectivity index (χ4n) is 2.28. The van der Waals surface area contributed by atoms with Crippen molar-refractivity contribution >= 4 is 9.84 Å². The van der Waals surface area contributed by atoms with E-state index in [2.05, 4.69) is 22.6 Å². The minimum atomic E-state index is -3.22. The van der Waals surface area contributed by atoms with Crippen molar-refractivity contribution in [3.05, 3.63) is 41.7 Å². The maximum atomic E-state index is 11.7. The number of hydrogen-bond acceptors (Lipinski definition) is 5. The van der Waals surface area contributed by atoms with Crippen molar-refractivity contribution in [1.82, 2.24) is 20.3 Å². The summed E-state index contributed by atoms with van der Waals surface area (Å²) < 4.78 is 25.2.